The summed E-state index contributed by atoms with van der Waals surface area (Å²) in [5, 5.41) is 5.56. The molecule has 0 atom stereocenters. The Morgan fingerprint density at radius 1 is 1.20 bits per heavy atom. The van der Waals surface area contributed by atoms with Crippen LogP contribution in [0.5, 0.6) is 0 Å². The number of ether oxygens (including phenoxy) is 1. The molecule has 1 aliphatic rings. The monoisotopic (exact) mass is 407 g/mol. The van der Waals surface area contributed by atoms with Crippen molar-refractivity contribution in [2.75, 3.05) is 25.6 Å². The number of rotatable bonds is 6. The van der Waals surface area contributed by atoms with Gasteiger partial charge in [0.1, 0.15) is 5.52 Å². The van der Waals surface area contributed by atoms with E-state index in [-0.39, 0.29) is 11.8 Å². The van der Waals surface area contributed by atoms with Gasteiger partial charge in [-0.1, -0.05) is 18.2 Å². The minimum atomic E-state index is -0.252. The standard InChI is InChI=1S/C22H25N5O3/c1-23-20(28)7-6-15-4-2-3-5-18(15)26-22(29)16-12-19-21(24-13-16)27(14-25-19)17-8-10-30-11-9-17/h2-5,12-14,17H,6-11H2,1H3,(H,23,28)(H,26,29). The van der Waals surface area contributed by atoms with Gasteiger partial charge < -0.3 is 19.9 Å². The quantitative estimate of drug-likeness (QED) is 0.655. The minimum Gasteiger partial charge on any atom is -0.381 e. The summed E-state index contributed by atoms with van der Waals surface area (Å²) in [4.78, 5) is 33.4. The van der Waals surface area contributed by atoms with Crippen LogP contribution in [0, 0.1) is 0 Å². The fraction of sp³-hybridized carbons (Fsp3) is 0.364. The Labute approximate surface area is 174 Å². The van der Waals surface area contributed by atoms with E-state index in [9.17, 15) is 9.59 Å². The number of anilines is 1. The van der Waals surface area contributed by atoms with E-state index >= 15 is 0 Å². The van der Waals surface area contributed by atoms with Crippen molar-refractivity contribution >= 4 is 28.7 Å². The van der Waals surface area contributed by atoms with E-state index in [0.717, 1.165) is 37.3 Å². The van der Waals surface area contributed by atoms with E-state index in [1.165, 1.54) is 0 Å². The number of nitrogens with zero attached hydrogens (tertiary/aromatic N) is 3. The molecule has 1 aromatic carbocycles. The molecule has 0 saturated carbocycles. The summed E-state index contributed by atoms with van der Waals surface area (Å²) in [6.45, 7) is 1.48. The van der Waals surface area contributed by atoms with Gasteiger partial charge in [0.25, 0.3) is 5.91 Å². The number of amides is 2. The normalized spacial score (nSPS) is 14.6. The van der Waals surface area contributed by atoms with E-state index < -0.39 is 0 Å². The average Bonchev–Trinajstić information content (AvgIpc) is 3.22. The zero-order valence-electron chi connectivity index (χ0n) is 16.9. The Hall–Kier alpha value is -3.26. The first kappa shape index (κ1) is 20.0. The number of fused-ring (bicyclic) bond motifs is 1. The number of nitrogens with one attached hydrogen (secondary N) is 2. The molecule has 0 spiro atoms. The molecule has 156 valence electrons. The number of para-hydroxylation sites is 1. The summed E-state index contributed by atoms with van der Waals surface area (Å²) in [5.41, 5.74) is 3.53. The molecule has 2 N–H and O–H groups in total. The Morgan fingerprint density at radius 2 is 2.00 bits per heavy atom. The molecule has 2 amide bonds. The lowest BCUT2D eigenvalue weighted by Gasteiger charge is -2.23. The highest BCUT2D eigenvalue weighted by Crippen LogP contribution is 2.25. The second-order valence-electron chi connectivity index (χ2n) is 7.35. The molecular formula is C22H25N5O3. The molecule has 8 heteroatoms. The molecule has 1 fully saturated rings. The lowest BCUT2D eigenvalue weighted by molar-refractivity contribution is -0.120. The largest absolute Gasteiger partial charge is 0.381 e. The van der Waals surface area contributed by atoms with Crippen LogP contribution in [0.15, 0.2) is 42.9 Å². The predicted molar refractivity (Wildman–Crippen MR) is 113 cm³/mol. The summed E-state index contributed by atoms with van der Waals surface area (Å²) in [6, 6.07) is 9.59. The Kier molecular flexibility index (Phi) is 6.04. The van der Waals surface area contributed by atoms with Crippen molar-refractivity contribution in [2.24, 2.45) is 0 Å². The number of benzene rings is 1. The van der Waals surface area contributed by atoms with Gasteiger partial charge >= 0.3 is 0 Å². The lowest BCUT2D eigenvalue weighted by atomic mass is 10.1. The number of carbonyl (C=O) groups is 2. The summed E-state index contributed by atoms with van der Waals surface area (Å²) >= 11 is 0. The highest BCUT2D eigenvalue weighted by atomic mass is 16.5. The van der Waals surface area contributed by atoms with Crippen LogP contribution < -0.4 is 10.6 Å². The van der Waals surface area contributed by atoms with Crippen LogP contribution in [0.4, 0.5) is 5.69 Å². The third kappa shape index (κ3) is 4.33. The van der Waals surface area contributed by atoms with Crippen LogP contribution in [-0.2, 0) is 16.0 Å². The van der Waals surface area contributed by atoms with Gasteiger partial charge in [0.15, 0.2) is 5.65 Å². The number of pyridine rings is 1. The fourth-order valence-electron chi connectivity index (χ4n) is 3.70. The summed E-state index contributed by atoms with van der Waals surface area (Å²) < 4.78 is 7.51. The molecular weight excluding hydrogens is 382 g/mol. The van der Waals surface area contributed by atoms with Crippen LogP contribution >= 0.6 is 0 Å². The van der Waals surface area contributed by atoms with Crippen molar-refractivity contribution in [3.05, 3.63) is 54.0 Å². The van der Waals surface area contributed by atoms with Crippen molar-refractivity contribution in [1.82, 2.24) is 19.9 Å². The molecule has 4 rings (SSSR count). The first-order valence-corrected chi connectivity index (χ1v) is 10.2. The molecule has 1 aliphatic heterocycles. The Morgan fingerprint density at radius 3 is 2.80 bits per heavy atom. The zero-order chi connectivity index (χ0) is 20.9. The van der Waals surface area contributed by atoms with E-state index in [1.54, 1.807) is 25.6 Å². The predicted octanol–water partition coefficient (Wildman–Crippen LogP) is 2.71. The zero-order valence-corrected chi connectivity index (χ0v) is 16.9. The summed E-state index contributed by atoms with van der Waals surface area (Å²) in [6.07, 6.45) is 6.15. The van der Waals surface area contributed by atoms with E-state index in [0.29, 0.717) is 35.7 Å². The molecule has 3 heterocycles. The Balaban J connectivity index is 1.51. The van der Waals surface area contributed by atoms with Crippen molar-refractivity contribution in [2.45, 2.75) is 31.7 Å². The highest BCUT2D eigenvalue weighted by Gasteiger charge is 2.19. The van der Waals surface area contributed by atoms with Gasteiger partial charge in [-0.3, -0.25) is 9.59 Å². The molecule has 1 saturated heterocycles. The van der Waals surface area contributed by atoms with Gasteiger partial charge in [-0.2, -0.15) is 0 Å². The number of imidazole rings is 1. The van der Waals surface area contributed by atoms with Crippen molar-refractivity contribution in [3.63, 3.8) is 0 Å². The van der Waals surface area contributed by atoms with Crippen LogP contribution in [0.25, 0.3) is 11.2 Å². The maximum Gasteiger partial charge on any atom is 0.257 e. The Bertz CT molecular complexity index is 1060. The molecule has 0 bridgehead atoms. The summed E-state index contributed by atoms with van der Waals surface area (Å²) in [5.74, 6) is -0.289. The molecule has 3 aromatic rings. The number of aryl methyl sites for hydroxylation is 1. The van der Waals surface area contributed by atoms with Gasteiger partial charge in [-0.05, 0) is 37.0 Å². The number of hydrogen-bond acceptors (Lipinski definition) is 5. The van der Waals surface area contributed by atoms with E-state index in [2.05, 4.69) is 25.2 Å². The maximum absolute atomic E-state index is 12.8. The second-order valence-corrected chi connectivity index (χ2v) is 7.35. The van der Waals surface area contributed by atoms with Crippen LogP contribution in [0.3, 0.4) is 0 Å². The number of hydrogen-bond donors (Lipinski definition) is 2. The SMILES string of the molecule is CNC(=O)CCc1ccccc1NC(=O)c1cnc2c(c1)ncn2C1CCOCC1. The van der Waals surface area contributed by atoms with E-state index in [4.69, 9.17) is 4.74 Å². The molecule has 30 heavy (non-hydrogen) atoms. The van der Waals surface area contributed by atoms with Crippen molar-refractivity contribution in [3.8, 4) is 0 Å². The van der Waals surface area contributed by atoms with Crippen LogP contribution in [0.1, 0.15) is 41.2 Å². The highest BCUT2D eigenvalue weighted by molar-refractivity contribution is 6.05. The van der Waals surface area contributed by atoms with Gasteiger partial charge in [0.2, 0.25) is 5.91 Å². The molecule has 8 nitrogen and oxygen atoms in total. The maximum atomic E-state index is 12.8. The number of aromatic nitrogens is 3. The average molecular weight is 407 g/mol. The minimum absolute atomic E-state index is 0.0362. The van der Waals surface area contributed by atoms with Crippen LogP contribution in [-0.4, -0.2) is 46.6 Å². The smallest absolute Gasteiger partial charge is 0.257 e. The topological polar surface area (TPSA) is 98.1 Å². The van der Waals surface area contributed by atoms with Gasteiger partial charge in [0.05, 0.1) is 11.9 Å². The molecule has 0 radical (unpaired) electrons. The van der Waals surface area contributed by atoms with Gasteiger partial charge in [-0.15, -0.1) is 0 Å². The van der Waals surface area contributed by atoms with Gasteiger partial charge in [-0.25, -0.2) is 9.97 Å². The molecule has 0 unspecified atom stereocenters. The summed E-state index contributed by atoms with van der Waals surface area (Å²) in [7, 11) is 1.61. The molecule has 2 aromatic heterocycles. The molecule has 0 aliphatic carbocycles. The first-order valence-electron chi connectivity index (χ1n) is 10.2. The number of carbonyl (C=O) groups excluding carboxylic acids is 2. The third-order valence-electron chi connectivity index (χ3n) is 5.43. The van der Waals surface area contributed by atoms with Crippen LogP contribution in [0.2, 0.25) is 0 Å². The van der Waals surface area contributed by atoms with E-state index in [1.807, 2.05) is 24.3 Å². The fourth-order valence-corrected chi connectivity index (χ4v) is 3.70. The second kappa shape index (κ2) is 9.04. The lowest BCUT2D eigenvalue weighted by Crippen LogP contribution is -2.19. The van der Waals surface area contributed by atoms with Crippen molar-refractivity contribution < 1.29 is 14.3 Å². The van der Waals surface area contributed by atoms with Gasteiger partial charge in [0, 0.05) is 44.6 Å². The van der Waals surface area contributed by atoms with Crippen molar-refractivity contribution in [1.29, 1.82) is 0 Å². The first-order chi connectivity index (χ1) is 14.7. The third-order valence-corrected chi connectivity index (χ3v) is 5.43.